The van der Waals surface area contributed by atoms with Crippen molar-refractivity contribution in [2.75, 3.05) is 19.9 Å². The monoisotopic (exact) mass is 527 g/mol. The predicted molar refractivity (Wildman–Crippen MR) is 141 cm³/mol. The fourth-order valence-electron chi connectivity index (χ4n) is 3.28. The van der Waals surface area contributed by atoms with Crippen LogP contribution in [-0.2, 0) is 14.3 Å². The van der Waals surface area contributed by atoms with Gasteiger partial charge < -0.3 is 31.2 Å². The predicted octanol–water partition coefficient (Wildman–Crippen LogP) is 1.89. The van der Waals surface area contributed by atoms with E-state index in [0.29, 0.717) is 34.6 Å². The molecule has 2 rings (SSSR count). The van der Waals surface area contributed by atoms with Crippen molar-refractivity contribution in [3.8, 4) is 0 Å². The highest BCUT2D eigenvalue weighted by Gasteiger charge is 2.24. The van der Waals surface area contributed by atoms with Gasteiger partial charge in [-0.3, -0.25) is 14.4 Å². The van der Waals surface area contributed by atoms with Gasteiger partial charge in [0.15, 0.2) is 5.84 Å². The van der Waals surface area contributed by atoms with E-state index in [0.717, 1.165) is 11.2 Å². The molecule has 6 N–H and O–H groups in total. The molecule has 1 unspecified atom stereocenters. The standard InChI is InChI=1S/C25H33N7O6/c1-6-28-22(33)18-11-29-20(15(18)4)21(30-12-26)31-19-10-17(9-8-14(19)3)23(34)32(7-2)25(36)38-13-37-24(35)16(5)27/h8-12,16,29H,6-7,13,27H2,1-5H3,(H,28,33)(H2,26,30,31). The van der Waals surface area contributed by atoms with Gasteiger partial charge in [-0.25, -0.2) is 19.7 Å². The number of amides is 3. The van der Waals surface area contributed by atoms with E-state index in [1.54, 1.807) is 39.1 Å². The van der Waals surface area contributed by atoms with E-state index in [1.807, 2.05) is 6.92 Å². The fourth-order valence-corrected chi connectivity index (χ4v) is 3.28. The summed E-state index contributed by atoms with van der Waals surface area (Å²) in [6.45, 7) is 8.17. The van der Waals surface area contributed by atoms with Gasteiger partial charge in [-0.2, -0.15) is 0 Å². The number of aryl methyl sites for hydroxylation is 1. The minimum Gasteiger partial charge on any atom is -0.427 e. The van der Waals surface area contributed by atoms with E-state index in [1.165, 1.54) is 13.0 Å². The van der Waals surface area contributed by atoms with Crippen molar-refractivity contribution in [3.63, 3.8) is 0 Å². The van der Waals surface area contributed by atoms with E-state index in [-0.39, 0.29) is 23.9 Å². The van der Waals surface area contributed by atoms with E-state index < -0.39 is 30.8 Å². The Kier molecular flexibility index (Phi) is 10.7. The molecule has 1 heterocycles. The number of amidine groups is 1. The van der Waals surface area contributed by atoms with Gasteiger partial charge >= 0.3 is 12.1 Å². The molecular formula is C25H33N7O6. The highest BCUT2D eigenvalue weighted by atomic mass is 16.7. The number of carbonyl (C=O) groups excluding carboxylic acids is 4. The Balaban J connectivity index is 2.35. The lowest BCUT2D eigenvalue weighted by Gasteiger charge is -2.19. The van der Waals surface area contributed by atoms with Gasteiger partial charge in [0.2, 0.25) is 6.79 Å². The lowest BCUT2D eigenvalue weighted by molar-refractivity contribution is -0.153. The molecule has 0 aliphatic heterocycles. The first-order valence-electron chi connectivity index (χ1n) is 11.9. The summed E-state index contributed by atoms with van der Waals surface area (Å²) >= 11 is 0. The van der Waals surface area contributed by atoms with Gasteiger partial charge in [0.1, 0.15) is 6.04 Å². The number of aromatic nitrogens is 1. The number of rotatable bonds is 9. The van der Waals surface area contributed by atoms with Crippen LogP contribution in [0.5, 0.6) is 0 Å². The maximum Gasteiger partial charge on any atom is 0.419 e. The van der Waals surface area contributed by atoms with Crippen LogP contribution in [0.4, 0.5) is 10.5 Å². The van der Waals surface area contributed by atoms with Gasteiger partial charge in [-0.1, -0.05) is 6.07 Å². The smallest absolute Gasteiger partial charge is 0.419 e. The molecule has 0 saturated carbocycles. The minimum atomic E-state index is -0.992. The van der Waals surface area contributed by atoms with Crippen LogP contribution in [0.15, 0.2) is 34.4 Å². The SMILES string of the molecule is CCNC(=O)c1c[nH]c(C(N=CN)=Nc2cc(C(=O)N(CC)C(=O)OCOC(=O)C(C)N)ccc2C)c1C. The largest absolute Gasteiger partial charge is 0.427 e. The Morgan fingerprint density at radius 3 is 2.50 bits per heavy atom. The molecule has 0 saturated heterocycles. The third-order valence-electron chi connectivity index (χ3n) is 5.36. The van der Waals surface area contributed by atoms with Crippen molar-refractivity contribution in [2.24, 2.45) is 21.5 Å². The van der Waals surface area contributed by atoms with E-state index in [2.05, 4.69) is 20.3 Å². The van der Waals surface area contributed by atoms with Gasteiger partial charge in [0.25, 0.3) is 11.8 Å². The number of H-pyrrole nitrogens is 1. The average molecular weight is 528 g/mol. The summed E-state index contributed by atoms with van der Waals surface area (Å²) in [6, 6.07) is 3.83. The van der Waals surface area contributed by atoms with Crippen LogP contribution < -0.4 is 16.8 Å². The second-order valence-corrected chi connectivity index (χ2v) is 8.11. The molecule has 13 heteroatoms. The zero-order chi connectivity index (χ0) is 28.4. The molecule has 0 spiro atoms. The number of nitrogens with one attached hydrogen (secondary N) is 2. The van der Waals surface area contributed by atoms with E-state index in [9.17, 15) is 19.2 Å². The first kappa shape index (κ1) is 29.7. The summed E-state index contributed by atoms with van der Waals surface area (Å²) in [4.78, 5) is 61.9. The van der Waals surface area contributed by atoms with E-state index in [4.69, 9.17) is 20.9 Å². The number of hydrogen-bond acceptors (Lipinski definition) is 8. The minimum absolute atomic E-state index is 0.00162. The summed E-state index contributed by atoms with van der Waals surface area (Å²) in [5.41, 5.74) is 13.7. The molecule has 1 atom stereocenters. The van der Waals surface area contributed by atoms with E-state index >= 15 is 0 Å². The Morgan fingerprint density at radius 2 is 1.89 bits per heavy atom. The summed E-state index contributed by atoms with van der Waals surface area (Å²) in [5, 5.41) is 2.74. The molecule has 13 nitrogen and oxygen atoms in total. The highest BCUT2D eigenvalue weighted by molar-refractivity contribution is 6.07. The van der Waals surface area contributed by atoms with Crippen LogP contribution in [0.1, 0.15) is 58.3 Å². The van der Waals surface area contributed by atoms with Crippen molar-refractivity contribution in [1.82, 2.24) is 15.2 Å². The van der Waals surface area contributed by atoms with Crippen molar-refractivity contribution < 1.29 is 28.7 Å². The van der Waals surface area contributed by atoms with Crippen molar-refractivity contribution in [1.29, 1.82) is 0 Å². The molecule has 204 valence electrons. The normalized spacial score (nSPS) is 12.2. The lowest BCUT2D eigenvalue weighted by atomic mass is 10.1. The number of nitrogens with zero attached hydrogens (tertiary/aromatic N) is 3. The maximum atomic E-state index is 13.1. The number of aromatic amines is 1. The van der Waals surface area contributed by atoms with Crippen molar-refractivity contribution in [3.05, 3.63) is 52.3 Å². The first-order valence-corrected chi connectivity index (χ1v) is 11.9. The summed E-state index contributed by atoms with van der Waals surface area (Å²) in [5.74, 6) is -1.45. The topological polar surface area (TPSA) is 195 Å². The molecule has 1 aromatic carbocycles. The molecule has 1 aromatic heterocycles. The van der Waals surface area contributed by atoms with Gasteiger partial charge in [0.05, 0.1) is 23.3 Å². The fraction of sp³-hybridized carbons (Fsp3) is 0.360. The zero-order valence-corrected chi connectivity index (χ0v) is 22.0. The first-order chi connectivity index (χ1) is 18.0. The Labute approximate surface area is 220 Å². The number of imide groups is 1. The van der Waals surface area contributed by atoms with Crippen LogP contribution in [0.25, 0.3) is 0 Å². The van der Waals surface area contributed by atoms with Gasteiger partial charge in [-0.15, -0.1) is 0 Å². The Hall–Kier alpha value is -4.52. The molecule has 38 heavy (non-hydrogen) atoms. The Bertz CT molecular complexity index is 1250. The molecule has 0 fully saturated rings. The second-order valence-electron chi connectivity index (χ2n) is 8.11. The number of nitrogens with two attached hydrogens (primary N) is 2. The number of hydrogen-bond donors (Lipinski definition) is 4. The molecule has 2 aromatic rings. The van der Waals surface area contributed by atoms with Gasteiger partial charge in [0, 0.05) is 24.8 Å². The molecule has 0 bridgehead atoms. The maximum absolute atomic E-state index is 13.1. The second kappa shape index (κ2) is 13.7. The molecule has 0 radical (unpaired) electrons. The molecule has 3 amide bonds. The summed E-state index contributed by atoms with van der Waals surface area (Å²) in [7, 11) is 0. The van der Waals surface area contributed by atoms with Crippen LogP contribution in [-0.4, -0.2) is 71.9 Å². The number of carbonyl (C=O) groups is 4. The number of benzene rings is 1. The quantitative estimate of drug-likeness (QED) is 0.164. The average Bonchev–Trinajstić information content (AvgIpc) is 3.26. The van der Waals surface area contributed by atoms with Crippen LogP contribution >= 0.6 is 0 Å². The summed E-state index contributed by atoms with van der Waals surface area (Å²) in [6.07, 6.45) is 1.64. The molecule has 0 aliphatic carbocycles. The van der Waals surface area contributed by atoms with Crippen LogP contribution in [0, 0.1) is 13.8 Å². The third kappa shape index (κ3) is 7.26. The zero-order valence-electron chi connectivity index (χ0n) is 22.0. The highest BCUT2D eigenvalue weighted by Crippen LogP contribution is 2.24. The molecule has 0 aliphatic rings. The molecular weight excluding hydrogens is 494 g/mol. The van der Waals surface area contributed by atoms with Gasteiger partial charge in [-0.05, 0) is 57.9 Å². The van der Waals surface area contributed by atoms with Crippen molar-refractivity contribution >= 4 is 41.7 Å². The number of aliphatic imine (C=N–C) groups is 2. The van der Waals surface area contributed by atoms with Crippen molar-refractivity contribution in [2.45, 2.75) is 40.7 Å². The van der Waals surface area contributed by atoms with Crippen LogP contribution in [0.3, 0.4) is 0 Å². The number of ether oxygens (including phenoxy) is 2. The lowest BCUT2D eigenvalue weighted by Crippen LogP contribution is -2.38. The Morgan fingerprint density at radius 1 is 1.18 bits per heavy atom. The van der Waals surface area contributed by atoms with Crippen LogP contribution in [0.2, 0.25) is 0 Å². The third-order valence-corrected chi connectivity index (χ3v) is 5.36. The number of esters is 1. The summed E-state index contributed by atoms with van der Waals surface area (Å²) < 4.78 is 9.61.